The SMILES string of the molecule is Cc1ccc(Br)cc1C(N(C)C)C(C)(C)O. The number of rotatable bonds is 3. The molecule has 0 aliphatic carbocycles. The zero-order chi connectivity index (χ0) is 12.5. The fraction of sp³-hybridized carbons (Fsp3) is 0.538. The van der Waals surface area contributed by atoms with Crippen molar-refractivity contribution in [2.45, 2.75) is 32.4 Å². The van der Waals surface area contributed by atoms with Crippen LogP contribution in [0.3, 0.4) is 0 Å². The van der Waals surface area contributed by atoms with Gasteiger partial charge in [-0.25, -0.2) is 0 Å². The Morgan fingerprint density at radius 2 is 1.88 bits per heavy atom. The van der Waals surface area contributed by atoms with Gasteiger partial charge in [-0.1, -0.05) is 22.0 Å². The fourth-order valence-electron chi connectivity index (χ4n) is 2.20. The zero-order valence-electron chi connectivity index (χ0n) is 10.6. The summed E-state index contributed by atoms with van der Waals surface area (Å²) in [7, 11) is 3.98. The summed E-state index contributed by atoms with van der Waals surface area (Å²) in [5, 5.41) is 10.3. The summed E-state index contributed by atoms with van der Waals surface area (Å²) in [4.78, 5) is 2.05. The summed E-state index contributed by atoms with van der Waals surface area (Å²) >= 11 is 3.48. The Balaban J connectivity index is 3.26. The third-order valence-corrected chi connectivity index (χ3v) is 3.21. The lowest BCUT2D eigenvalue weighted by Crippen LogP contribution is -2.38. The molecule has 0 radical (unpaired) electrons. The van der Waals surface area contributed by atoms with Gasteiger partial charge in [-0.15, -0.1) is 0 Å². The van der Waals surface area contributed by atoms with Crippen LogP contribution in [0.15, 0.2) is 22.7 Å². The van der Waals surface area contributed by atoms with Crippen LogP contribution in [0.5, 0.6) is 0 Å². The Hall–Kier alpha value is -0.380. The van der Waals surface area contributed by atoms with E-state index in [0.29, 0.717) is 0 Å². The number of likely N-dealkylation sites (N-methyl/N-ethyl adjacent to an activating group) is 1. The van der Waals surface area contributed by atoms with E-state index in [1.807, 2.05) is 34.0 Å². The Labute approximate surface area is 106 Å². The molecule has 1 N–H and O–H groups in total. The van der Waals surface area contributed by atoms with Crippen molar-refractivity contribution < 1.29 is 5.11 Å². The highest BCUT2D eigenvalue weighted by atomic mass is 79.9. The largest absolute Gasteiger partial charge is 0.388 e. The van der Waals surface area contributed by atoms with Gasteiger partial charge in [0.1, 0.15) is 0 Å². The van der Waals surface area contributed by atoms with Gasteiger partial charge in [-0.05, 0) is 58.1 Å². The zero-order valence-corrected chi connectivity index (χ0v) is 12.2. The van der Waals surface area contributed by atoms with Crippen molar-refractivity contribution >= 4 is 15.9 Å². The summed E-state index contributed by atoms with van der Waals surface area (Å²) in [6, 6.07) is 6.17. The number of halogens is 1. The van der Waals surface area contributed by atoms with Gasteiger partial charge >= 0.3 is 0 Å². The van der Waals surface area contributed by atoms with Crippen LogP contribution in [0.2, 0.25) is 0 Å². The molecule has 1 aromatic carbocycles. The Morgan fingerprint density at radius 3 is 2.31 bits per heavy atom. The van der Waals surface area contributed by atoms with E-state index in [0.717, 1.165) is 10.0 Å². The normalized spacial score (nSPS) is 14.2. The number of aliphatic hydroxyl groups is 1. The molecule has 0 bridgehead atoms. The highest BCUT2D eigenvalue weighted by molar-refractivity contribution is 9.10. The van der Waals surface area contributed by atoms with E-state index >= 15 is 0 Å². The van der Waals surface area contributed by atoms with Gasteiger partial charge in [0.25, 0.3) is 0 Å². The molecule has 3 heteroatoms. The van der Waals surface area contributed by atoms with Crippen molar-refractivity contribution in [2.75, 3.05) is 14.1 Å². The lowest BCUT2D eigenvalue weighted by Gasteiger charge is -2.36. The average molecular weight is 286 g/mol. The summed E-state index contributed by atoms with van der Waals surface area (Å²) in [6.45, 7) is 5.76. The monoisotopic (exact) mass is 285 g/mol. The number of benzene rings is 1. The van der Waals surface area contributed by atoms with E-state index < -0.39 is 5.60 Å². The van der Waals surface area contributed by atoms with Crippen molar-refractivity contribution in [2.24, 2.45) is 0 Å². The fourth-order valence-corrected chi connectivity index (χ4v) is 2.58. The maximum absolute atomic E-state index is 10.3. The minimum absolute atomic E-state index is 0.00926. The second kappa shape index (κ2) is 4.86. The van der Waals surface area contributed by atoms with Crippen LogP contribution in [0, 0.1) is 6.92 Å². The molecule has 1 unspecified atom stereocenters. The van der Waals surface area contributed by atoms with E-state index in [4.69, 9.17) is 0 Å². The molecular formula is C13H20BrNO. The molecule has 0 saturated heterocycles. The van der Waals surface area contributed by atoms with Crippen molar-refractivity contribution in [1.29, 1.82) is 0 Å². The van der Waals surface area contributed by atoms with E-state index in [1.165, 1.54) is 5.56 Å². The molecule has 0 aromatic heterocycles. The lowest BCUT2D eigenvalue weighted by atomic mass is 9.88. The first-order valence-corrected chi connectivity index (χ1v) is 6.17. The van der Waals surface area contributed by atoms with Crippen molar-refractivity contribution in [3.63, 3.8) is 0 Å². The van der Waals surface area contributed by atoms with Gasteiger partial charge in [0.05, 0.1) is 11.6 Å². The lowest BCUT2D eigenvalue weighted by molar-refractivity contribution is -0.00344. The number of aryl methyl sites for hydroxylation is 1. The van der Waals surface area contributed by atoms with Gasteiger partial charge in [-0.2, -0.15) is 0 Å². The minimum Gasteiger partial charge on any atom is -0.388 e. The van der Waals surface area contributed by atoms with Gasteiger partial charge < -0.3 is 5.11 Å². The summed E-state index contributed by atoms with van der Waals surface area (Å²) in [5.41, 5.74) is 1.59. The molecule has 0 fully saturated rings. The standard InChI is InChI=1S/C13H20BrNO/c1-9-6-7-10(14)8-11(9)12(15(4)5)13(2,3)16/h6-8,12,16H,1-5H3. The highest BCUT2D eigenvalue weighted by Gasteiger charge is 2.31. The second-order valence-corrected chi connectivity index (χ2v) is 5.94. The predicted molar refractivity (Wildman–Crippen MR) is 71.6 cm³/mol. The predicted octanol–water partition coefficient (Wildman–Crippen LogP) is 3.13. The first-order chi connectivity index (χ1) is 7.23. The van der Waals surface area contributed by atoms with Gasteiger partial charge in [-0.3, -0.25) is 4.90 Å². The molecule has 0 saturated carbocycles. The minimum atomic E-state index is -0.769. The smallest absolute Gasteiger partial charge is 0.0787 e. The summed E-state index contributed by atoms with van der Waals surface area (Å²) in [5.74, 6) is 0. The van der Waals surface area contributed by atoms with Crippen LogP contribution in [0.4, 0.5) is 0 Å². The van der Waals surface area contributed by atoms with Crippen LogP contribution < -0.4 is 0 Å². The van der Waals surface area contributed by atoms with Crippen LogP contribution in [-0.4, -0.2) is 29.7 Å². The maximum atomic E-state index is 10.3. The molecule has 90 valence electrons. The third-order valence-electron chi connectivity index (χ3n) is 2.72. The van der Waals surface area contributed by atoms with Gasteiger partial charge in [0.15, 0.2) is 0 Å². The van der Waals surface area contributed by atoms with E-state index in [9.17, 15) is 5.11 Å². The molecule has 2 nitrogen and oxygen atoms in total. The molecule has 0 heterocycles. The maximum Gasteiger partial charge on any atom is 0.0787 e. The van der Waals surface area contributed by atoms with Crippen LogP contribution in [0.25, 0.3) is 0 Å². The molecule has 0 aliphatic heterocycles. The first kappa shape index (κ1) is 13.7. The Morgan fingerprint density at radius 1 is 1.31 bits per heavy atom. The molecular weight excluding hydrogens is 266 g/mol. The van der Waals surface area contributed by atoms with E-state index in [-0.39, 0.29) is 6.04 Å². The van der Waals surface area contributed by atoms with E-state index in [1.54, 1.807) is 0 Å². The molecule has 1 aromatic rings. The topological polar surface area (TPSA) is 23.5 Å². The second-order valence-electron chi connectivity index (χ2n) is 5.02. The van der Waals surface area contributed by atoms with Crippen LogP contribution in [-0.2, 0) is 0 Å². The first-order valence-electron chi connectivity index (χ1n) is 5.38. The highest BCUT2D eigenvalue weighted by Crippen LogP contribution is 2.33. The molecule has 0 spiro atoms. The molecule has 1 rings (SSSR count). The Kier molecular flexibility index (Phi) is 4.16. The van der Waals surface area contributed by atoms with Gasteiger partial charge in [0, 0.05) is 4.47 Å². The summed E-state index contributed by atoms with van der Waals surface area (Å²) < 4.78 is 1.05. The molecule has 0 amide bonds. The van der Waals surface area contributed by atoms with Crippen LogP contribution >= 0.6 is 15.9 Å². The van der Waals surface area contributed by atoms with E-state index in [2.05, 4.69) is 39.9 Å². The third kappa shape index (κ3) is 3.06. The quantitative estimate of drug-likeness (QED) is 0.922. The van der Waals surface area contributed by atoms with Gasteiger partial charge in [0.2, 0.25) is 0 Å². The van der Waals surface area contributed by atoms with Crippen molar-refractivity contribution in [3.05, 3.63) is 33.8 Å². The van der Waals surface area contributed by atoms with Crippen molar-refractivity contribution in [1.82, 2.24) is 4.90 Å². The van der Waals surface area contributed by atoms with Crippen LogP contribution in [0.1, 0.15) is 31.0 Å². The molecule has 16 heavy (non-hydrogen) atoms. The average Bonchev–Trinajstić information content (AvgIpc) is 2.08. The number of nitrogens with zero attached hydrogens (tertiary/aromatic N) is 1. The number of hydrogen-bond acceptors (Lipinski definition) is 2. The number of hydrogen-bond donors (Lipinski definition) is 1. The Bertz CT molecular complexity index is 369. The summed E-state index contributed by atoms with van der Waals surface area (Å²) in [6.07, 6.45) is 0. The molecule has 1 atom stereocenters. The molecule has 0 aliphatic rings. The van der Waals surface area contributed by atoms with Crippen molar-refractivity contribution in [3.8, 4) is 0 Å².